The molecule has 1 saturated heterocycles. The lowest BCUT2D eigenvalue weighted by Gasteiger charge is -2.20. The van der Waals surface area contributed by atoms with Crippen LogP contribution in [0.4, 0.5) is 5.69 Å². The summed E-state index contributed by atoms with van der Waals surface area (Å²) in [4.78, 5) is 30.9. The van der Waals surface area contributed by atoms with E-state index < -0.39 is 0 Å². The third-order valence-electron chi connectivity index (χ3n) is 5.59. The molecule has 2 amide bonds. The molecule has 0 spiro atoms. The van der Waals surface area contributed by atoms with E-state index in [1.54, 1.807) is 0 Å². The first-order valence-electron chi connectivity index (χ1n) is 11.7. The average Bonchev–Trinajstić information content (AvgIpc) is 2.98. The molecule has 1 fully saturated rings. The van der Waals surface area contributed by atoms with Crippen LogP contribution in [0.15, 0.2) is 29.3 Å². The molecule has 3 N–H and O–H groups in total. The number of anilines is 1. The molecule has 0 saturated carbocycles. The van der Waals surface area contributed by atoms with Gasteiger partial charge < -0.3 is 20.9 Å². The molecule has 0 radical (unpaired) electrons. The maximum absolute atomic E-state index is 12.1. The van der Waals surface area contributed by atoms with Gasteiger partial charge in [-0.05, 0) is 50.3 Å². The van der Waals surface area contributed by atoms with E-state index in [0.29, 0.717) is 18.9 Å². The van der Waals surface area contributed by atoms with Gasteiger partial charge in [-0.1, -0.05) is 32.4 Å². The largest absolute Gasteiger partial charge is 0.357 e. The summed E-state index contributed by atoms with van der Waals surface area (Å²) in [5.41, 5.74) is 1.84. The molecule has 1 aliphatic heterocycles. The van der Waals surface area contributed by atoms with Crippen LogP contribution in [0.1, 0.15) is 64.9 Å². The minimum absolute atomic E-state index is 0.00385. The molecule has 31 heavy (non-hydrogen) atoms. The molecule has 1 unspecified atom stereocenters. The highest BCUT2D eigenvalue weighted by molar-refractivity contribution is 5.92. The number of carbonyl (C=O) groups excluding carboxylic acids is 2. The lowest BCUT2D eigenvalue weighted by Crippen LogP contribution is -2.39. The van der Waals surface area contributed by atoms with Crippen molar-refractivity contribution in [2.24, 2.45) is 10.9 Å². The second-order valence-corrected chi connectivity index (χ2v) is 8.17. The van der Waals surface area contributed by atoms with Crippen LogP contribution in [-0.2, 0) is 16.1 Å². The van der Waals surface area contributed by atoms with E-state index in [1.165, 1.54) is 0 Å². The summed E-state index contributed by atoms with van der Waals surface area (Å²) in [6.07, 6.45) is 5.69. The number of likely N-dealkylation sites (tertiary alicyclic amines) is 1. The Labute approximate surface area is 187 Å². The maximum Gasteiger partial charge on any atom is 0.227 e. The molecule has 2 rings (SSSR count). The number of aliphatic imine (C=N–C) groups is 1. The summed E-state index contributed by atoms with van der Waals surface area (Å²) in [7, 11) is 0. The minimum Gasteiger partial charge on any atom is -0.357 e. The standard InChI is InChI=1S/C24H39N5O2/c1-4-19(3)23(31)28-21-12-9-11-20(17-21)18-27-24(25-5-2)26-14-10-16-29-15-8-6-7-13-22(29)30/h9,11-12,17,19H,4-8,10,13-16,18H2,1-3H3,(H,28,31)(H2,25,26,27). The van der Waals surface area contributed by atoms with E-state index in [9.17, 15) is 9.59 Å². The van der Waals surface area contributed by atoms with Crippen molar-refractivity contribution < 1.29 is 9.59 Å². The number of hydrogen-bond donors (Lipinski definition) is 3. The average molecular weight is 430 g/mol. The van der Waals surface area contributed by atoms with Crippen molar-refractivity contribution >= 4 is 23.5 Å². The molecule has 1 aromatic rings. The van der Waals surface area contributed by atoms with Crippen molar-refractivity contribution in [2.45, 2.75) is 65.8 Å². The normalized spacial score (nSPS) is 15.9. The summed E-state index contributed by atoms with van der Waals surface area (Å²) in [5.74, 6) is 1.09. The smallest absolute Gasteiger partial charge is 0.227 e. The van der Waals surface area contributed by atoms with Gasteiger partial charge in [-0.2, -0.15) is 0 Å². The monoisotopic (exact) mass is 429 g/mol. The van der Waals surface area contributed by atoms with Crippen LogP contribution in [0.5, 0.6) is 0 Å². The summed E-state index contributed by atoms with van der Waals surface area (Å²) >= 11 is 0. The van der Waals surface area contributed by atoms with Crippen LogP contribution < -0.4 is 16.0 Å². The van der Waals surface area contributed by atoms with Gasteiger partial charge in [-0.15, -0.1) is 0 Å². The summed E-state index contributed by atoms with van der Waals surface area (Å²) in [6, 6.07) is 7.83. The van der Waals surface area contributed by atoms with Gasteiger partial charge in [0, 0.05) is 44.2 Å². The van der Waals surface area contributed by atoms with Crippen LogP contribution >= 0.6 is 0 Å². The SMILES string of the molecule is CCNC(=NCc1cccc(NC(=O)C(C)CC)c1)NCCCN1CCCCCC1=O. The van der Waals surface area contributed by atoms with E-state index in [-0.39, 0.29) is 11.8 Å². The number of amides is 2. The number of hydrogen-bond acceptors (Lipinski definition) is 3. The molecule has 1 aliphatic rings. The fraction of sp³-hybridized carbons (Fsp3) is 0.625. The maximum atomic E-state index is 12.1. The van der Waals surface area contributed by atoms with Gasteiger partial charge in [-0.25, -0.2) is 4.99 Å². The second-order valence-electron chi connectivity index (χ2n) is 8.17. The molecular formula is C24H39N5O2. The fourth-order valence-corrected chi connectivity index (χ4v) is 3.46. The predicted octanol–water partition coefficient (Wildman–Crippen LogP) is 3.52. The molecular weight excluding hydrogens is 390 g/mol. The van der Waals surface area contributed by atoms with Crippen molar-refractivity contribution in [3.05, 3.63) is 29.8 Å². The van der Waals surface area contributed by atoms with Gasteiger partial charge >= 0.3 is 0 Å². The number of rotatable bonds is 10. The number of carbonyl (C=O) groups is 2. The first-order chi connectivity index (χ1) is 15.0. The molecule has 0 bridgehead atoms. The molecule has 172 valence electrons. The summed E-state index contributed by atoms with van der Waals surface area (Å²) < 4.78 is 0. The third-order valence-corrected chi connectivity index (χ3v) is 5.59. The van der Waals surface area contributed by atoms with E-state index in [0.717, 1.165) is 75.5 Å². The molecule has 1 aromatic carbocycles. The van der Waals surface area contributed by atoms with Crippen LogP contribution in [0.3, 0.4) is 0 Å². The zero-order valence-corrected chi connectivity index (χ0v) is 19.4. The Balaban J connectivity index is 1.84. The topological polar surface area (TPSA) is 85.8 Å². The van der Waals surface area contributed by atoms with Crippen LogP contribution in [-0.4, -0.2) is 48.9 Å². The van der Waals surface area contributed by atoms with Gasteiger partial charge in [0.2, 0.25) is 11.8 Å². The van der Waals surface area contributed by atoms with Crippen LogP contribution in [0.25, 0.3) is 0 Å². The zero-order chi connectivity index (χ0) is 22.5. The lowest BCUT2D eigenvalue weighted by atomic mass is 10.1. The van der Waals surface area contributed by atoms with Crippen molar-refractivity contribution in [3.8, 4) is 0 Å². The molecule has 7 heteroatoms. The van der Waals surface area contributed by atoms with Gasteiger partial charge in [-0.3, -0.25) is 9.59 Å². The van der Waals surface area contributed by atoms with Crippen molar-refractivity contribution in [1.82, 2.24) is 15.5 Å². The van der Waals surface area contributed by atoms with Gasteiger partial charge in [0.25, 0.3) is 0 Å². The predicted molar refractivity (Wildman–Crippen MR) is 127 cm³/mol. The zero-order valence-electron chi connectivity index (χ0n) is 19.4. The van der Waals surface area contributed by atoms with Crippen molar-refractivity contribution in [1.29, 1.82) is 0 Å². The Morgan fingerprint density at radius 2 is 2.03 bits per heavy atom. The Hall–Kier alpha value is -2.57. The van der Waals surface area contributed by atoms with Gasteiger partial charge in [0.15, 0.2) is 5.96 Å². The van der Waals surface area contributed by atoms with E-state index in [2.05, 4.69) is 20.9 Å². The van der Waals surface area contributed by atoms with Crippen LogP contribution in [0, 0.1) is 5.92 Å². The number of guanidine groups is 1. The first kappa shape index (κ1) is 24.7. The van der Waals surface area contributed by atoms with E-state index in [4.69, 9.17) is 0 Å². The third kappa shape index (κ3) is 8.99. The van der Waals surface area contributed by atoms with E-state index in [1.807, 2.05) is 49.9 Å². The molecule has 0 aromatic heterocycles. The molecule has 7 nitrogen and oxygen atoms in total. The van der Waals surface area contributed by atoms with Crippen molar-refractivity contribution in [2.75, 3.05) is 31.5 Å². The Kier molecular flexibility index (Phi) is 10.9. The highest BCUT2D eigenvalue weighted by atomic mass is 16.2. The van der Waals surface area contributed by atoms with E-state index >= 15 is 0 Å². The highest BCUT2D eigenvalue weighted by Gasteiger charge is 2.15. The van der Waals surface area contributed by atoms with Gasteiger partial charge in [0.05, 0.1) is 6.54 Å². The number of nitrogens with zero attached hydrogens (tertiary/aromatic N) is 2. The summed E-state index contributed by atoms with van der Waals surface area (Å²) in [5, 5.41) is 9.61. The van der Waals surface area contributed by atoms with Crippen molar-refractivity contribution in [3.63, 3.8) is 0 Å². The minimum atomic E-state index is -0.00385. The lowest BCUT2D eigenvalue weighted by molar-refractivity contribution is -0.130. The molecule has 1 atom stereocenters. The number of nitrogens with one attached hydrogen (secondary N) is 3. The number of benzene rings is 1. The summed E-state index contributed by atoms with van der Waals surface area (Å²) in [6.45, 7) is 9.73. The quantitative estimate of drug-likeness (QED) is 0.302. The van der Waals surface area contributed by atoms with Gasteiger partial charge in [0.1, 0.15) is 0 Å². The Morgan fingerprint density at radius 1 is 1.19 bits per heavy atom. The Bertz CT molecular complexity index is 734. The first-order valence-corrected chi connectivity index (χ1v) is 11.7. The second kappa shape index (κ2) is 13.7. The highest BCUT2D eigenvalue weighted by Crippen LogP contribution is 2.14. The molecule has 0 aliphatic carbocycles. The van der Waals surface area contributed by atoms with Crippen LogP contribution in [0.2, 0.25) is 0 Å². The Morgan fingerprint density at radius 3 is 2.81 bits per heavy atom. The molecule has 1 heterocycles. The fourth-order valence-electron chi connectivity index (χ4n) is 3.46.